The summed E-state index contributed by atoms with van der Waals surface area (Å²) in [5, 5.41) is 0. The number of carbonyl (C=O) groups is 3. The van der Waals surface area contributed by atoms with Gasteiger partial charge in [0.15, 0.2) is 11.5 Å². The number of hydrogen-bond donors (Lipinski definition) is 0. The molecule has 23 heavy (non-hydrogen) atoms. The molecule has 4 saturated carbocycles. The van der Waals surface area contributed by atoms with Crippen LogP contribution in [0.25, 0.3) is 0 Å². The largest absolute Gasteiger partial charge is 0.300 e. The summed E-state index contributed by atoms with van der Waals surface area (Å²) in [6.07, 6.45) is 4.00. The van der Waals surface area contributed by atoms with Crippen LogP contribution in [0, 0.1) is 28.6 Å². The van der Waals surface area contributed by atoms with Gasteiger partial charge in [0.25, 0.3) is 0 Å². The Labute approximate surface area is 136 Å². The maximum atomic E-state index is 16.4. The lowest BCUT2D eigenvalue weighted by Gasteiger charge is -2.61. The molecule has 0 radical (unpaired) electrons. The summed E-state index contributed by atoms with van der Waals surface area (Å²) in [6, 6.07) is 0. The van der Waals surface area contributed by atoms with E-state index in [-0.39, 0.29) is 41.5 Å². The Hall–Kier alpha value is -1.06. The van der Waals surface area contributed by atoms with E-state index in [0.717, 1.165) is 12.8 Å². The van der Waals surface area contributed by atoms with Crippen molar-refractivity contribution in [1.29, 1.82) is 0 Å². The number of alkyl halides is 1. The molecule has 0 spiro atoms. The van der Waals surface area contributed by atoms with Crippen molar-refractivity contribution in [3.05, 3.63) is 0 Å². The minimum Gasteiger partial charge on any atom is -0.300 e. The first-order valence-corrected chi connectivity index (χ1v) is 9.01. The molecule has 4 aliphatic rings. The molecule has 4 heteroatoms. The van der Waals surface area contributed by atoms with Crippen LogP contribution >= 0.6 is 0 Å². The molecule has 0 aromatic rings. The van der Waals surface area contributed by atoms with Gasteiger partial charge in [-0.15, -0.1) is 0 Å². The standard InChI is InChI=1S/C19H25FO3/c1-17-10-16(23)19(20)14(13(17)5-6-15(17)22)4-3-11-9-12(21)7-8-18(11,19)2/h11,13-14H,3-10H2,1-2H3/t11-,13+,14+,17+,18+,19+/m1/s1. The Morgan fingerprint density at radius 3 is 2.43 bits per heavy atom. The molecule has 6 atom stereocenters. The van der Waals surface area contributed by atoms with Gasteiger partial charge in [0.2, 0.25) is 0 Å². The van der Waals surface area contributed by atoms with Crippen LogP contribution in [0.3, 0.4) is 0 Å². The lowest BCUT2D eigenvalue weighted by atomic mass is 9.43. The number of rotatable bonds is 0. The topological polar surface area (TPSA) is 51.2 Å². The van der Waals surface area contributed by atoms with Crippen LogP contribution in [0.15, 0.2) is 0 Å². The van der Waals surface area contributed by atoms with Crippen LogP contribution in [-0.2, 0) is 14.4 Å². The van der Waals surface area contributed by atoms with Gasteiger partial charge in [0.05, 0.1) is 0 Å². The predicted molar refractivity (Wildman–Crippen MR) is 82.5 cm³/mol. The van der Waals surface area contributed by atoms with E-state index < -0.39 is 16.5 Å². The molecule has 0 bridgehead atoms. The number of hydrogen-bond acceptors (Lipinski definition) is 3. The summed E-state index contributed by atoms with van der Waals surface area (Å²) in [4.78, 5) is 37.1. The SMILES string of the molecule is C[C@]12CCC(=O)C[C@H]1CC[C@H]1[C@@H]3CCC(=O)[C@@]3(C)CC(=O)[C@@]12F. The highest BCUT2D eigenvalue weighted by molar-refractivity contribution is 5.98. The third-order valence-corrected chi connectivity index (χ3v) is 8.02. The van der Waals surface area contributed by atoms with Crippen molar-refractivity contribution in [1.82, 2.24) is 0 Å². The molecule has 4 aliphatic carbocycles. The minimum absolute atomic E-state index is 0.00639. The van der Waals surface area contributed by atoms with E-state index in [1.165, 1.54) is 0 Å². The molecule has 3 nitrogen and oxygen atoms in total. The molecular formula is C19H25FO3. The van der Waals surface area contributed by atoms with Crippen molar-refractivity contribution in [2.24, 2.45) is 28.6 Å². The van der Waals surface area contributed by atoms with Gasteiger partial charge in [-0.25, -0.2) is 4.39 Å². The summed E-state index contributed by atoms with van der Waals surface area (Å²) >= 11 is 0. The lowest BCUT2D eigenvalue weighted by Crippen LogP contribution is -2.67. The van der Waals surface area contributed by atoms with E-state index in [2.05, 4.69) is 0 Å². The Kier molecular flexibility index (Phi) is 3.04. The fourth-order valence-electron chi connectivity index (χ4n) is 6.55. The molecule has 0 unspecified atom stereocenters. The van der Waals surface area contributed by atoms with Crippen molar-refractivity contribution in [2.75, 3.05) is 0 Å². The number of Topliss-reactive ketones (excluding diaryl/α,β-unsaturated/α-hetero) is 3. The van der Waals surface area contributed by atoms with Gasteiger partial charge in [0.1, 0.15) is 11.6 Å². The first-order valence-electron chi connectivity index (χ1n) is 9.01. The molecule has 0 amide bonds. The molecule has 0 aromatic carbocycles. The highest BCUT2D eigenvalue weighted by Crippen LogP contribution is 2.67. The molecule has 0 aromatic heterocycles. The summed E-state index contributed by atoms with van der Waals surface area (Å²) in [5.74, 6) is -0.376. The second-order valence-electron chi connectivity index (χ2n) is 8.84. The predicted octanol–water partition coefficient (Wildman–Crippen LogP) is 3.44. The summed E-state index contributed by atoms with van der Waals surface area (Å²) in [5.41, 5.74) is -3.22. The van der Waals surface area contributed by atoms with Gasteiger partial charge < -0.3 is 0 Å². The van der Waals surface area contributed by atoms with Gasteiger partial charge in [-0.05, 0) is 37.5 Å². The monoisotopic (exact) mass is 320 g/mol. The number of ketones is 3. The van der Waals surface area contributed by atoms with Crippen molar-refractivity contribution < 1.29 is 18.8 Å². The Balaban J connectivity index is 1.79. The normalized spacial score (nSPS) is 52.8. The Bertz CT molecular complexity index is 614. The smallest absolute Gasteiger partial charge is 0.177 e. The van der Waals surface area contributed by atoms with E-state index >= 15 is 4.39 Å². The summed E-state index contributed by atoms with van der Waals surface area (Å²) in [6.45, 7) is 3.77. The van der Waals surface area contributed by atoms with Gasteiger partial charge >= 0.3 is 0 Å². The number of carbonyl (C=O) groups excluding carboxylic acids is 3. The third kappa shape index (κ3) is 1.68. The van der Waals surface area contributed by atoms with Crippen molar-refractivity contribution >= 4 is 17.3 Å². The quantitative estimate of drug-likeness (QED) is 0.687. The number of fused-ring (bicyclic) bond motifs is 5. The van der Waals surface area contributed by atoms with Gasteiger partial charge in [0, 0.05) is 42.4 Å². The van der Waals surface area contributed by atoms with Crippen LogP contribution in [0.5, 0.6) is 0 Å². The second kappa shape index (κ2) is 4.52. The lowest BCUT2D eigenvalue weighted by molar-refractivity contribution is -0.194. The molecule has 0 N–H and O–H groups in total. The highest BCUT2D eigenvalue weighted by atomic mass is 19.1. The van der Waals surface area contributed by atoms with E-state index in [4.69, 9.17) is 0 Å². The fraction of sp³-hybridized carbons (Fsp3) is 0.842. The Morgan fingerprint density at radius 1 is 0.957 bits per heavy atom. The van der Waals surface area contributed by atoms with Crippen molar-refractivity contribution in [2.45, 2.75) is 70.9 Å². The zero-order valence-corrected chi connectivity index (χ0v) is 14.0. The van der Waals surface area contributed by atoms with Gasteiger partial charge in [-0.2, -0.15) is 0 Å². The zero-order valence-electron chi connectivity index (χ0n) is 14.0. The molecule has 0 heterocycles. The first kappa shape index (κ1) is 15.5. The van der Waals surface area contributed by atoms with Gasteiger partial charge in [-0.1, -0.05) is 13.8 Å². The van der Waals surface area contributed by atoms with Crippen LogP contribution in [0.2, 0.25) is 0 Å². The van der Waals surface area contributed by atoms with Crippen LogP contribution in [-0.4, -0.2) is 23.0 Å². The van der Waals surface area contributed by atoms with Crippen LogP contribution < -0.4 is 0 Å². The maximum Gasteiger partial charge on any atom is 0.177 e. The minimum atomic E-state index is -1.84. The van der Waals surface area contributed by atoms with Crippen LogP contribution in [0.1, 0.15) is 65.2 Å². The zero-order chi connectivity index (χ0) is 16.6. The number of halogens is 1. The van der Waals surface area contributed by atoms with E-state index in [0.29, 0.717) is 32.1 Å². The average molecular weight is 320 g/mol. The third-order valence-electron chi connectivity index (χ3n) is 8.02. The van der Waals surface area contributed by atoms with Crippen LogP contribution in [0.4, 0.5) is 4.39 Å². The summed E-state index contributed by atoms with van der Waals surface area (Å²) < 4.78 is 16.4. The average Bonchev–Trinajstić information content (AvgIpc) is 2.77. The summed E-state index contributed by atoms with van der Waals surface area (Å²) in [7, 11) is 0. The van der Waals surface area contributed by atoms with E-state index in [1.807, 2.05) is 13.8 Å². The second-order valence-corrected chi connectivity index (χ2v) is 8.84. The fourth-order valence-corrected chi connectivity index (χ4v) is 6.55. The van der Waals surface area contributed by atoms with Crippen molar-refractivity contribution in [3.8, 4) is 0 Å². The molecule has 4 fully saturated rings. The van der Waals surface area contributed by atoms with Crippen molar-refractivity contribution in [3.63, 3.8) is 0 Å². The van der Waals surface area contributed by atoms with E-state index in [9.17, 15) is 14.4 Å². The first-order chi connectivity index (χ1) is 10.7. The Morgan fingerprint density at radius 2 is 1.70 bits per heavy atom. The molecule has 4 rings (SSSR count). The van der Waals surface area contributed by atoms with Gasteiger partial charge in [-0.3, -0.25) is 14.4 Å². The molecule has 0 aliphatic heterocycles. The molecule has 126 valence electrons. The van der Waals surface area contributed by atoms with E-state index in [1.54, 1.807) is 0 Å². The highest BCUT2D eigenvalue weighted by Gasteiger charge is 2.72. The molecular weight excluding hydrogens is 295 g/mol. The molecule has 0 saturated heterocycles. The maximum absolute atomic E-state index is 16.4.